The molecule has 0 radical (unpaired) electrons. The first kappa shape index (κ1) is 16.6. The van der Waals surface area contributed by atoms with Crippen LogP contribution in [0.2, 0.25) is 0 Å². The van der Waals surface area contributed by atoms with Crippen molar-refractivity contribution in [3.63, 3.8) is 0 Å². The fourth-order valence-corrected chi connectivity index (χ4v) is 4.05. The van der Waals surface area contributed by atoms with E-state index in [0.717, 1.165) is 11.3 Å². The van der Waals surface area contributed by atoms with E-state index < -0.39 is 14.6 Å². The molecular weight excluding hydrogens is 346 g/mol. The minimum atomic E-state index is -3.26. The number of nitrogens with one attached hydrogen (secondary N) is 1. The Morgan fingerprint density at radius 1 is 1.25 bits per heavy atom. The normalized spacial score (nSPS) is 15.7. The molecule has 3 rings (SSSR count). The van der Waals surface area contributed by atoms with Gasteiger partial charge in [-0.05, 0) is 49.3 Å². The van der Waals surface area contributed by atoms with E-state index in [1.165, 1.54) is 6.26 Å². The van der Waals surface area contributed by atoms with Crippen LogP contribution in [-0.4, -0.2) is 29.8 Å². The van der Waals surface area contributed by atoms with Crippen molar-refractivity contribution in [1.82, 2.24) is 9.97 Å². The topological polar surface area (TPSA) is 124 Å². The van der Waals surface area contributed by atoms with Gasteiger partial charge in [0.05, 0.1) is 5.69 Å². The highest BCUT2D eigenvalue weighted by molar-refractivity contribution is 7.92. The van der Waals surface area contributed by atoms with Gasteiger partial charge in [0.2, 0.25) is 0 Å². The van der Waals surface area contributed by atoms with E-state index >= 15 is 0 Å². The van der Waals surface area contributed by atoms with Crippen molar-refractivity contribution < 1.29 is 8.42 Å². The number of rotatable bonds is 4. The minimum Gasteiger partial charge on any atom is -0.384 e. The van der Waals surface area contributed by atoms with Crippen LogP contribution in [0, 0.1) is 0 Å². The van der Waals surface area contributed by atoms with Crippen LogP contribution in [0.25, 0.3) is 11.4 Å². The van der Waals surface area contributed by atoms with Gasteiger partial charge in [-0.3, -0.25) is 0 Å². The molecule has 126 valence electrons. The van der Waals surface area contributed by atoms with Crippen LogP contribution in [0.1, 0.15) is 18.5 Å². The predicted octanol–water partition coefficient (Wildman–Crippen LogP) is 1.41. The van der Waals surface area contributed by atoms with Gasteiger partial charge in [-0.2, -0.15) is 0 Å². The number of hydrogen-bond acceptors (Lipinski definition) is 6. The molecule has 1 aliphatic carbocycles. The number of benzene rings is 1. The maximum Gasteiger partial charge on any atom is 0.168 e. The van der Waals surface area contributed by atoms with Crippen molar-refractivity contribution in [3.05, 3.63) is 36.0 Å². The zero-order valence-corrected chi connectivity index (χ0v) is 14.6. The van der Waals surface area contributed by atoms with Crippen LogP contribution in [0.3, 0.4) is 0 Å². The van der Waals surface area contributed by atoms with Crippen molar-refractivity contribution in [2.45, 2.75) is 17.6 Å². The highest BCUT2D eigenvalue weighted by Crippen LogP contribution is 2.52. The number of nitrogens with two attached hydrogens (primary N) is 2. The maximum atomic E-state index is 12.1. The standard InChI is InChI=1S/C15H17N5O2S2/c1-24(21,22)15(6-7-15)11-8-12(16)20-13(19-11)9-2-4-10(5-3-9)18-14(17)23/h2-5,8H,6-7H2,1H3,(H2,16,19,20)(H3,17,18,23). The predicted molar refractivity (Wildman–Crippen MR) is 98.0 cm³/mol. The smallest absolute Gasteiger partial charge is 0.168 e. The Kier molecular flexibility index (Phi) is 3.92. The van der Waals surface area contributed by atoms with Crippen LogP contribution < -0.4 is 16.8 Å². The summed E-state index contributed by atoms with van der Waals surface area (Å²) in [5.74, 6) is 0.636. The third-order valence-corrected chi connectivity index (χ3v) is 6.18. The first-order valence-electron chi connectivity index (χ1n) is 7.23. The number of hydrogen-bond donors (Lipinski definition) is 3. The molecule has 0 bridgehead atoms. The largest absolute Gasteiger partial charge is 0.384 e. The molecule has 0 amide bonds. The van der Waals surface area contributed by atoms with Crippen molar-refractivity contribution in [1.29, 1.82) is 0 Å². The molecule has 1 saturated carbocycles. The van der Waals surface area contributed by atoms with Gasteiger partial charge in [-0.25, -0.2) is 18.4 Å². The number of aromatic nitrogens is 2. The minimum absolute atomic E-state index is 0.175. The van der Waals surface area contributed by atoms with Gasteiger partial charge in [-0.15, -0.1) is 0 Å². The molecule has 5 N–H and O–H groups in total. The van der Waals surface area contributed by atoms with Crippen molar-refractivity contribution in [2.75, 3.05) is 17.3 Å². The van der Waals surface area contributed by atoms with E-state index in [4.69, 9.17) is 23.7 Å². The first-order valence-corrected chi connectivity index (χ1v) is 9.53. The second-order valence-electron chi connectivity index (χ2n) is 5.83. The molecule has 7 nitrogen and oxygen atoms in total. The van der Waals surface area contributed by atoms with Crippen LogP contribution >= 0.6 is 12.2 Å². The Morgan fingerprint density at radius 3 is 2.38 bits per heavy atom. The van der Waals surface area contributed by atoms with Crippen LogP contribution in [-0.2, 0) is 14.6 Å². The monoisotopic (exact) mass is 363 g/mol. The molecule has 1 aromatic carbocycles. The summed E-state index contributed by atoms with van der Waals surface area (Å²) in [4.78, 5) is 8.67. The lowest BCUT2D eigenvalue weighted by Gasteiger charge is -2.14. The molecule has 0 spiro atoms. The van der Waals surface area contributed by atoms with Crippen LogP contribution in [0.5, 0.6) is 0 Å². The average Bonchev–Trinajstić information content (AvgIpc) is 3.28. The van der Waals surface area contributed by atoms with E-state index in [0.29, 0.717) is 24.4 Å². The van der Waals surface area contributed by atoms with Gasteiger partial charge < -0.3 is 16.8 Å². The Balaban J connectivity index is 1.99. The Morgan fingerprint density at radius 2 is 1.88 bits per heavy atom. The van der Waals surface area contributed by atoms with Gasteiger partial charge in [0.25, 0.3) is 0 Å². The molecule has 24 heavy (non-hydrogen) atoms. The van der Waals surface area contributed by atoms with E-state index in [1.54, 1.807) is 30.3 Å². The van der Waals surface area contributed by atoms with Crippen LogP contribution in [0.15, 0.2) is 30.3 Å². The lowest BCUT2D eigenvalue weighted by molar-refractivity contribution is 0.584. The highest BCUT2D eigenvalue weighted by atomic mass is 32.2. The Hall–Kier alpha value is -2.26. The van der Waals surface area contributed by atoms with E-state index in [1.807, 2.05) is 0 Å². The van der Waals surface area contributed by atoms with Gasteiger partial charge in [-0.1, -0.05) is 0 Å². The molecule has 1 aromatic heterocycles. The summed E-state index contributed by atoms with van der Waals surface area (Å²) >= 11 is 4.79. The second-order valence-corrected chi connectivity index (χ2v) is 8.60. The zero-order chi connectivity index (χ0) is 17.5. The summed E-state index contributed by atoms with van der Waals surface area (Å²) in [6, 6.07) is 8.69. The van der Waals surface area contributed by atoms with Crippen molar-refractivity contribution in [3.8, 4) is 11.4 Å². The Labute approximate surface area is 145 Å². The molecule has 1 fully saturated rings. The van der Waals surface area contributed by atoms with Crippen molar-refractivity contribution in [2.24, 2.45) is 5.73 Å². The maximum absolute atomic E-state index is 12.1. The zero-order valence-electron chi connectivity index (χ0n) is 13.0. The summed E-state index contributed by atoms with van der Waals surface area (Å²) in [6.45, 7) is 0. The molecule has 0 saturated heterocycles. The second kappa shape index (κ2) is 5.67. The third-order valence-electron chi connectivity index (χ3n) is 4.04. The van der Waals surface area contributed by atoms with Gasteiger partial charge >= 0.3 is 0 Å². The van der Waals surface area contributed by atoms with E-state index in [-0.39, 0.29) is 10.9 Å². The van der Waals surface area contributed by atoms with Gasteiger partial charge in [0.1, 0.15) is 10.6 Å². The summed E-state index contributed by atoms with van der Waals surface area (Å²) in [5.41, 5.74) is 13.2. The molecular formula is C15H17N5O2S2. The fourth-order valence-electron chi connectivity index (χ4n) is 2.60. The van der Waals surface area contributed by atoms with Gasteiger partial charge in [0, 0.05) is 23.6 Å². The lowest BCUT2D eigenvalue weighted by Crippen LogP contribution is -2.21. The number of anilines is 2. The first-order chi connectivity index (χ1) is 11.2. The SMILES string of the molecule is CS(=O)(=O)C1(c2cc(N)nc(-c3ccc(NC(N)=S)cc3)n2)CC1. The molecule has 9 heteroatoms. The average molecular weight is 363 g/mol. The van der Waals surface area contributed by atoms with Gasteiger partial charge in [0.15, 0.2) is 20.8 Å². The number of thiocarbonyl (C=S) groups is 1. The molecule has 0 unspecified atom stereocenters. The molecule has 1 aliphatic rings. The highest BCUT2D eigenvalue weighted by Gasteiger charge is 2.55. The number of nitrogens with zero attached hydrogens (tertiary/aromatic N) is 2. The number of sulfone groups is 1. The summed E-state index contributed by atoms with van der Waals surface area (Å²) in [5, 5.41) is 3.00. The Bertz CT molecular complexity index is 906. The van der Waals surface area contributed by atoms with Crippen LogP contribution in [0.4, 0.5) is 11.5 Å². The summed E-state index contributed by atoms with van der Waals surface area (Å²) < 4.78 is 23.3. The molecule has 0 atom stereocenters. The number of nitrogen functional groups attached to an aromatic ring is 1. The van der Waals surface area contributed by atoms with Crippen molar-refractivity contribution >= 4 is 38.7 Å². The van der Waals surface area contributed by atoms with E-state index in [9.17, 15) is 8.42 Å². The quantitative estimate of drug-likeness (QED) is 0.697. The summed E-state index contributed by atoms with van der Waals surface area (Å²) in [6.07, 6.45) is 2.34. The third kappa shape index (κ3) is 3.04. The molecule has 2 aromatic rings. The fraction of sp³-hybridized carbons (Fsp3) is 0.267. The van der Waals surface area contributed by atoms with E-state index in [2.05, 4.69) is 15.3 Å². The lowest BCUT2D eigenvalue weighted by atomic mass is 10.1. The molecule has 1 heterocycles. The molecule has 0 aliphatic heterocycles. The summed E-state index contributed by atoms with van der Waals surface area (Å²) in [7, 11) is -3.26.